The summed E-state index contributed by atoms with van der Waals surface area (Å²) in [6.45, 7) is 2.05. The standard InChI is InChI=1S/C21H21N5O5S/c1-4-12-7-5-6-8-14(12)26-21(23-24-25-26)32-11-16(27)22-19-13-9-10-15(29-2)18(30-3)17(13)20(28)31-19/h5-10,19H,4,11H2,1-3H3,(H,22,27). The Labute approximate surface area is 188 Å². The molecule has 2 aromatic carbocycles. The van der Waals surface area contributed by atoms with E-state index in [4.69, 9.17) is 14.2 Å². The number of hydrogen-bond donors (Lipinski definition) is 1. The van der Waals surface area contributed by atoms with Crippen molar-refractivity contribution in [1.82, 2.24) is 25.5 Å². The number of aryl methyl sites for hydroxylation is 1. The molecule has 3 aromatic rings. The molecule has 1 unspecified atom stereocenters. The number of benzene rings is 2. The Bertz CT molecular complexity index is 1170. The van der Waals surface area contributed by atoms with Crippen LogP contribution in [0.25, 0.3) is 5.69 Å². The third-order valence-electron chi connectivity index (χ3n) is 4.96. The first kappa shape index (κ1) is 21.6. The van der Waals surface area contributed by atoms with Crippen LogP contribution in [0.4, 0.5) is 0 Å². The van der Waals surface area contributed by atoms with Crippen molar-refractivity contribution in [3.05, 3.63) is 53.1 Å². The van der Waals surface area contributed by atoms with Crippen molar-refractivity contribution in [1.29, 1.82) is 0 Å². The van der Waals surface area contributed by atoms with Crippen LogP contribution < -0.4 is 14.8 Å². The normalized spacial score (nSPS) is 14.6. The van der Waals surface area contributed by atoms with Gasteiger partial charge in [-0.05, 0) is 40.6 Å². The second-order valence-corrected chi connectivity index (χ2v) is 7.70. The maximum atomic E-state index is 12.6. The first-order chi connectivity index (χ1) is 15.6. The van der Waals surface area contributed by atoms with Gasteiger partial charge in [0.2, 0.25) is 17.3 Å². The predicted molar refractivity (Wildman–Crippen MR) is 115 cm³/mol. The van der Waals surface area contributed by atoms with E-state index in [1.54, 1.807) is 16.8 Å². The van der Waals surface area contributed by atoms with Gasteiger partial charge in [-0.3, -0.25) is 4.79 Å². The maximum absolute atomic E-state index is 12.6. The van der Waals surface area contributed by atoms with Crippen LogP contribution in [0.2, 0.25) is 0 Å². The van der Waals surface area contributed by atoms with E-state index in [-0.39, 0.29) is 23.0 Å². The fourth-order valence-corrected chi connectivity index (χ4v) is 4.16. The molecule has 11 heteroatoms. The van der Waals surface area contributed by atoms with Gasteiger partial charge in [0.05, 0.1) is 25.7 Å². The van der Waals surface area contributed by atoms with Crippen molar-refractivity contribution in [3.63, 3.8) is 0 Å². The van der Waals surface area contributed by atoms with Gasteiger partial charge in [-0.25, -0.2) is 4.79 Å². The Balaban J connectivity index is 1.46. The summed E-state index contributed by atoms with van der Waals surface area (Å²) >= 11 is 1.18. The number of tetrazole rings is 1. The summed E-state index contributed by atoms with van der Waals surface area (Å²) in [6, 6.07) is 11.1. The highest BCUT2D eigenvalue weighted by Gasteiger charge is 2.36. The van der Waals surface area contributed by atoms with E-state index in [0.717, 1.165) is 17.7 Å². The average Bonchev–Trinajstić information content (AvgIpc) is 3.41. The second-order valence-electron chi connectivity index (χ2n) is 6.76. The number of thioether (sulfide) groups is 1. The molecular formula is C21H21N5O5S. The molecule has 4 rings (SSSR count). The quantitative estimate of drug-likeness (QED) is 0.403. The summed E-state index contributed by atoms with van der Waals surface area (Å²) in [5, 5.41) is 15.0. The van der Waals surface area contributed by atoms with Gasteiger partial charge >= 0.3 is 5.97 Å². The molecule has 1 aliphatic rings. The number of aromatic nitrogens is 4. The molecule has 0 aliphatic carbocycles. The summed E-state index contributed by atoms with van der Waals surface area (Å²) in [4.78, 5) is 25.0. The number of hydrogen-bond acceptors (Lipinski definition) is 9. The molecule has 0 saturated heterocycles. The average molecular weight is 455 g/mol. The molecule has 166 valence electrons. The van der Waals surface area contributed by atoms with Crippen LogP contribution in [0.5, 0.6) is 11.5 Å². The monoisotopic (exact) mass is 455 g/mol. The van der Waals surface area contributed by atoms with Crippen molar-refractivity contribution in [2.24, 2.45) is 0 Å². The molecule has 0 fully saturated rings. The number of amides is 1. The lowest BCUT2D eigenvalue weighted by Crippen LogP contribution is -2.30. The minimum atomic E-state index is -0.915. The van der Waals surface area contributed by atoms with Gasteiger partial charge in [0.25, 0.3) is 0 Å². The molecular weight excluding hydrogens is 434 g/mol. The molecule has 1 atom stereocenters. The van der Waals surface area contributed by atoms with Crippen molar-refractivity contribution >= 4 is 23.6 Å². The lowest BCUT2D eigenvalue weighted by atomic mass is 10.1. The summed E-state index contributed by atoms with van der Waals surface area (Å²) in [6.07, 6.45) is -0.0938. The van der Waals surface area contributed by atoms with E-state index < -0.39 is 12.2 Å². The summed E-state index contributed by atoms with van der Waals surface area (Å²) in [5.41, 5.74) is 2.70. The lowest BCUT2D eigenvalue weighted by molar-refractivity contribution is -0.121. The Morgan fingerprint density at radius 1 is 1.22 bits per heavy atom. The fourth-order valence-electron chi connectivity index (χ4n) is 3.46. The molecule has 10 nitrogen and oxygen atoms in total. The van der Waals surface area contributed by atoms with Crippen LogP contribution in [0.1, 0.15) is 34.6 Å². The highest BCUT2D eigenvalue weighted by Crippen LogP contribution is 2.41. The van der Waals surface area contributed by atoms with Gasteiger partial charge in [0.1, 0.15) is 5.56 Å². The SMILES string of the molecule is CCc1ccccc1-n1nnnc1SCC(=O)NC1OC(=O)c2c1ccc(OC)c2OC. The number of carbonyl (C=O) groups excluding carboxylic acids is 2. The number of carbonyl (C=O) groups is 2. The first-order valence-corrected chi connectivity index (χ1v) is 10.8. The van der Waals surface area contributed by atoms with E-state index in [9.17, 15) is 9.59 Å². The number of fused-ring (bicyclic) bond motifs is 1. The minimum Gasteiger partial charge on any atom is -0.493 e. The van der Waals surface area contributed by atoms with Crippen LogP contribution >= 0.6 is 11.8 Å². The van der Waals surface area contributed by atoms with Gasteiger partial charge in [0.15, 0.2) is 11.5 Å². The molecule has 1 N–H and O–H groups in total. The van der Waals surface area contributed by atoms with E-state index in [0.29, 0.717) is 16.5 Å². The van der Waals surface area contributed by atoms with Gasteiger partial charge in [-0.2, -0.15) is 4.68 Å². The number of esters is 1. The van der Waals surface area contributed by atoms with E-state index >= 15 is 0 Å². The zero-order valence-electron chi connectivity index (χ0n) is 17.7. The Kier molecular flexibility index (Phi) is 6.26. The van der Waals surface area contributed by atoms with Crippen LogP contribution in [-0.4, -0.2) is 52.1 Å². The number of methoxy groups -OCH3 is 2. The molecule has 0 spiro atoms. The third-order valence-corrected chi connectivity index (χ3v) is 5.87. The minimum absolute atomic E-state index is 0.0331. The molecule has 32 heavy (non-hydrogen) atoms. The third kappa shape index (κ3) is 3.98. The molecule has 2 heterocycles. The van der Waals surface area contributed by atoms with Crippen LogP contribution in [0, 0.1) is 0 Å². The molecule has 0 bridgehead atoms. The molecule has 0 saturated carbocycles. The lowest BCUT2D eigenvalue weighted by Gasteiger charge is -2.14. The molecule has 0 radical (unpaired) electrons. The predicted octanol–water partition coefficient (Wildman–Crippen LogP) is 2.32. The topological polar surface area (TPSA) is 117 Å². The molecule has 1 aromatic heterocycles. The van der Waals surface area contributed by atoms with Gasteiger partial charge in [-0.15, -0.1) is 5.10 Å². The Hall–Kier alpha value is -3.60. The van der Waals surface area contributed by atoms with Crippen molar-refractivity contribution < 1.29 is 23.8 Å². The number of para-hydroxylation sites is 1. The van der Waals surface area contributed by atoms with Crippen LogP contribution in [0.3, 0.4) is 0 Å². The van der Waals surface area contributed by atoms with E-state index in [1.165, 1.54) is 26.0 Å². The highest BCUT2D eigenvalue weighted by molar-refractivity contribution is 7.99. The number of nitrogens with zero attached hydrogens (tertiary/aromatic N) is 4. The zero-order valence-corrected chi connectivity index (χ0v) is 18.5. The maximum Gasteiger partial charge on any atom is 0.344 e. The first-order valence-electron chi connectivity index (χ1n) is 9.82. The van der Waals surface area contributed by atoms with Crippen LogP contribution in [0.15, 0.2) is 41.6 Å². The van der Waals surface area contributed by atoms with Crippen LogP contribution in [-0.2, 0) is 16.0 Å². The summed E-state index contributed by atoms with van der Waals surface area (Å²) < 4.78 is 17.5. The van der Waals surface area contributed by atoms with E-state index in [1.807, 2.05) is 24.3 Å². The highest BCUT2D eigenvalue weighted by atomic mass is 32.2. The largest absolute Gasteiger partial charge is 0.493 e. The van der Waals surface area contributed by atoms with Gasteiger partial charge < -0.3 is 19.5 Å². The molecule has 1 amide bonds. The number of rotatable bonds is 8. The number of nitrogens with one attached hydrogen (secondary N) is 1. The number of cyclic esters (lactones) is 1. The fraction of sp³-hybridized carbons (Fsp3) is 0.286. The smallest absolute Gasteiger partial charge is 0.344 e. The Morgan fingerprint density at radius 2 is 2.03 bits per heavy atom. The zero-order chi connectivity index (χ0) is 22.7. The van der Waals surface area contributed by atoms with E-state index in [2.05, 4.69) is 27.8 Å². The molecule has 1 aliphatic heterocycles. The van der Waals surface area contributed by atoms with Gasteiger partial charge in [-0.1, -0.05) is 36.9 Å². The number of ether oxygens (including phenoxy) is 3. The van der Waals surface area contributed by atoms with Crippen molar-refractivity contribution in [2.75, 3.05) is 20.0 Å². The van der Waals surface area contributed by atoms with Gasteiger partial charge in [0, 0.05) is 5.56 Å². The summed E-state index contributed by atoms with van der Waals surface area (Å²) in [7, 11) is 2.92. The second kappa shape index (κ2) is 9.27. The van der Waals surface area contributed by atoms with Crippen molar-refractivity contribution in [2.45, 2.75) is 24.7 Å². The van der Waals surface area contributed by atoms with Crippen molar-refractivity contribution in [3.8, 4) is 17.2 Å². The Morgan fingerprint density at radius 3 is 2.78 bits per heavy atom. The summed E-state index contributed by atoms with van der Waals surface area (Å²) in [5.74, 6) is -0.215.